The lowest BCUT2D eigenvalue weighted by atomic mass is 9.79. The summed E-state index contributed by atoms with van der Waals surface area (Å²) in [5.41, 5.74) is 7.27. The van der Waals surface area contributed by atoms with E-state index in [0.717, 1.165) is 22.6 Å². The van der Waals surface area contributed by atoms with Crippen LogP contribution in [0.3, 0.4) is 0 Å². The highest BCUT2D eigenvalue weighted by atomic mass is 16.5. The molecular weight excluding hydrogens is 244 g/mol. The Labute approximate surface area is 113 Å². The van der Waals surface area contributed by atoms with Crippen molar-refractivity contribution in [3.05, 3.63) is 23.0 Å². The number of aryl methyl sites for hydroxylation is 1. The van der Waals surface area contributed by atoms with Gasteiger partial charge in [-0.25, -0.2) is 0 Å². The normalized spacial score (nSPS) is 13.9. The first-order chi connectivity index (χ1) is 8.91. The van der Waals surface area contributed by atoms with Crippen molar-refractivity contribution in [2.75, 3.05) is 13.7 Å². The Morgan fingerprint density at radius 1 is 1.53 bits per heavy atom. The number of hydrogen-bond acceptors (Lipinski definition) is 4. The standard InChI is InChI=1S/C14H22N2O3/c1-5-14(8-15,13(17)18)6-11-10(3)12(19-4)9(2)7-16-11/h7H,5-6,8,15H2,1-4H3,(H,17,18). The zero-order valence-electron chi connectivity index (χ0n) is 12.0. The van der Waals surface area contributed by atoms with Crippen LogP contribution in [0.15, 0.2) is 6.20 Å². The van der Waals surface area contributed by atoms with Crippen LogP contribution in [0.25, 0.3) is 0 Å². The monoisotopic (exact) mass is 266 g/mol. The number of pyridine rings is 1. The maximum absolute atomic E-state index is 11.5. The minimum Gasteiger partial charge on any atom is -0.496 e. The fourth-order valence-corrected chi connectivity index (χ4v) is 2.23. The SMILES string of the molecule is CCC(CN)(Cc1ncc(C)c(OC)c1C)C(=O)O. The molecule has 106 valence electrons. The van der Waals surface area contributed by atoms with Gasteiger partial charge in [0.2, 0.25) is 0 Å². The first-order valence-corrected chi connectivity index (χ1v) is 6.34. The molecule has 1 heterocycles. The summed E-state index contributed by atoms with van der Waals surface area (Å²) in [4.78, 5) is 15.8. The Hall–Kier alpha value is -1.62. The van der Waals surface area contributed by atoms with E-state index >= 15 is 0 Å². The van der Waals surface area contributed by atoms with Crippen LogP contribution in [0.5, 0.6) is 5.75 Å². The van der Waals surface area contributed by atoms with Crippen molar-refractivity contribution < 1.29 is 14.6 Å². The van der Waals surface area contributed by atoms with Crippen molar-refractivity contribution in [1.29, 1.82) is 0 Å². The molecule has 1 unspecified atom stereocenters. The molecule has 1 rings (SSSR count). The smallest absolute Gasteiger partial charge is 0.311 e. The van der Waals surface area contributed by atoms with Gasteiger partial charge in [-0.3, -0.25) is 9.78 Å². The molecule has 0 bridgehead atoms. The number of aromatic nitrogens is 1. The summed E-state index contributed by atoms with van der Waals surface area (Å²) in [7, 11) is 1.60. The lowest BCUT2D eigenvalue weighted by molar-refractivity contribution is -0.148. The number of ether oxygens (including phenoxy) is 1. The Morgan fingerprint density at radius 3 is 2.58 bits per heavy atom. The molecule has 0 aliphatic heterocycles. The van der Waals surface area contributed by atoms with Crippen molar-refractivity contribution in [2.24, 2.45) is 11.1 Å². The van der Waals surface area contributed by atoms with Gasteiger partial charge >= 0.3 is 5.97 Å². The van der Waals surface area contributed by atoms with Crippen molar-refractivity contribution in [3.8, 4) is 5.75 Å². The average molecular weight is 266 g/mol. The summed E-state index contributed by atoms with van der Waals surface area (Å²) < 4.78 is 5.34. The van der Waals surface area contributed by atoms with Crippen molar-refractivity contribution in [3.63, 3.8) is 0 Å². The molecule has 0 aliphatic rings. The van der Waals surface area contributed by atoms with E-state index in [0.29, 0.717) is 12.8 Å². The van der Waals surface area contributed by atoms with Gasteiger partial charge in [0.25, 0.3) is 0 Å². The number of hydrogen-bond donors (Lipinski definition) is 2. The summed E-state index contributed by atoms with van der Waals surface area (Å²) in [6, 6.07) is 0. The van der Waals surface area contributed by atoms with E-state index in [1.54, 1.807) is 13.3 Å². The number of methoxy groups -OCH3 is 1. The summed E-state index contributed by atoms with van der Waals surface area (Å²) in [5, 5.41) is 9.42. The topological polar surface area (TPSA) is 85.4 Å². The quantitative estimate of drug-likeness (QED) is 0.818. The van der Waals surface area contributed by atoms with Crippen molar-refractivity contribution in [1.82, 2.24) is 4.98 Å². The zero-order valence-corrected chi connectivity index (χ0v) is 12.0. The fourth-order valence-electron chi connectivity index (χ4n) is 2.23. The van der Waals surface area contributed by atoms with Gasteiger partial charge in [-0.2, -0.15) is 0 Å². The first kappa shape index (κ1) is 15.4. The molecule has 3 N–H and O–H groups in total. The number of nitrogens with two attached hydrogens (primary N) is 1. The number of aliphatic carboxylic acids is 1. The van der Waals surface area contributed by atoms with Gasteiger partial charge in [-0.15, -0.1) is 0 Å². The van der Waals surface area contributed by atoms with Gasteiger partial charge in [0.15, 0.2) is 0 Å². The van der Waals surface area contributed by atoms with Crippen LogP contribution in [-0.4, -0.2) is 29.7 Å². The molecule has 1 aromatic rings. The summed E-state index contributed by atoms with van der Waals surface area (Å²) >= 11 is 0. The van der Waals surface area contributed by atoms with Crippen LogP contribution in [0.1, 0.15) is 30.2 Å². The Balaban J connectivity index is 3.21. The second-order valence-electron chi connectivity index (χ2n) is 4.87. The lowest BCUT2D eigenvalue weighted by Gasteiger charge is -2.27. The van der Waals surface area contributed by atoms with Crippen LogP contribution in [0, 0.1) is 19.3 Å². The highest BCUT2D eigenvalue weighted by Gasteiger charge is 2.36. The van der Waals surface area contributed by atoms with Crippen LogP contribution >= 0.6 is 0 Å². The first-order valence-electron chi connectivity index (χ1n) is 6.34. The molecule has 0 amide bonds. The minimum absolute atomic E-state index is 0.0934. The zero-order chi connectivity index (χ0) is 14.6. The third-order valence-electron chi connectivity index (χ3n) is 3.78. The van der Waals surface area contributed by atoms with Gasteiger partial charge in [-0.05, 0) is 20.3 Å². The van der Waals surface area contributed by atoms with E-state index in [-0.39, 0.29) is 6.54 Å². The molecule has 5 heteroatoms. The molecule has 0 saturated carbocycles. The minimum atomic E-state index is -0.960. The van der Waals surface area contributed by atoms with E-state index in [2.05, 4.69) is 4.98 Å². The van der Waals surface area contributed by atoms with Gasteiger partial charge in [0.05, 0.1) is 12.5 Å². The van der Waals surface area contributed by atoms with Crippen molar-refractivity contribution in [2.45, 2.75) is 33.6 Å². The van der Waals surface area contributed by atoms with Gasteiger partial charge in [0, 0.05) is 36.0 Å². The molecule has 0 spiro atoms. The van der Waals surface area contributed by atoms with E-state index in [1.165, 1.54) is 0 Å². The fraction of sp³-hybridized carbons (Fsp3) is 0.571. The Bertz CT molecular complexity index is 468. The Morgan fingerprint density at radius 2 is 2.16 bits per heavy atom. The van der Waals surface area contributed by atoms with E-state index in [1.807, 2.05) is 20.8 Å². The summed E-state index contributed by atoms with van der Waals surface area (Å²) in [6.45, 7) is 5.74. The van der Waals surface area contributed by atoms with E-state index in [4.69, 9.17) is 10.5 Å². The van der Waals surface area contributed by atoms with Crippen LogP contribution in [0.4, 0.5) is 0 Å². The molecule has 0 fully saturated rings. The Kier molecular flexibility index (Phi) is 4.89. The van der Waals surface area contributed by atoms with E-state index in [9.17, 15) is 9.90 Å². The second kappa shape index (κ2) is 6.02. The predicted molar refractivity (Wildman–Crippen MR) is 73.4 cm³/mol. The number of carboxylic acid groups (broad SMARTS) is 1. The van der Waals surface area contributed by atoms with Gasteiger partial charge in [0.1, 0.15) is 5.75 Å². The summed E-state index contributed by atoms with van der Waals surface area (Å²) in [5.74, 6) is -0.115. The van der Waals surface area contributed by atoms with Crippen molar-refractivity contribution >= 4 is 5.97 Å². The molecule has 1 atom stereocenters. The maximum Gasteiger partial charge on any atom is 0.311 e. The predicted octanol–water partition coefficient (Wildman–Crippen LogP) is 1.69. The highest BCUT2D eigenvalue weighted by Crippen LogP contribution is 2.31. The molecule has 0 saturated heterocycles. The molecule has 1 aromatic heterocycles. The molecule has 0 aromatic carbocycles. The third kappa shape index (κ3) is 2.87. The number of carbonyl (C=O) groups is 1. The van der Waals surface area contributed by atoms with Crippen LogP contribution in [0.2, 0.25) is 0 Å². The van der Waals surface area contributed by atoms with Gasteiger partial charge in [-0.1, -0.05) is 6.92 Å². The molecule has 0 radical (unpaired) electrons. The van der Waals surface area contributed by atoms with Gasteiger partial charge < -0.3 is 15.6 Å². The number of nitrogens with zero attached hydrogens (tertiary/aromatic N) is 1. The second-order valence-corrected chi connectivity index (χ2v) is 4.87. The molecule has 5 nitrogen and oxygen atoms in total. The third-order valence-corrected chi connectivity index (χ3v) is 3.78. The summed E-state index contributed by atoms with van der Waals surface area (Å²) in [6.07, 6.45) is 2.49. The molecule has 0 aliphatic carbocycles. The van der Waals surface area contributed by atoms with E-state index < -0.39 is 11.4 Å². The largest absolute Gasteiger partial charge is 0.496 e. The average Bonchev–Trinajstić information content (AvgIpc) is 2.39. The lowest BCUT2D eigenvalue weighted by Crippen LogP contribution is -2.40. The molecule has 19 heavy (non-hydrogen) atoms. The van der Waals surface area contributed by atoms with Crippen LogP contribution in [-0.2, 0) is 11.2 Å². The maximum atomic E-state index is 11.5. The highest BCUT2D eigenvalue weighted by molar-refractivity contribution is 5.75. The van der Waals surface area contributed by atoms with Crippen LogP contribution < -0.4 is 10.5 Å². The molecular formula is C14H22N2O3. The number of carboxylic acids is 1. The number of rotatable bonds is 6.